The highest BCUT2D eigenvalue weighted by Gasteiger charge is 2.56. The van der Waals surface area contributed by atoms with E-state index in [0.717, 1.165) is 13.8 Å². The number of ether oxygens (including phenoxy) is 7. The molecule has 20 atom stereocenters. The van der Waals surface area contributed by atoms with Crippen molar-refractivity contribution >= 4 is 43.0 Å². The lowest BCUT2D eigenvalue weighted by molar-refractivity contribution is -0.376. The Bertz CT molecular complexity index is 1880. The monoisotopic (exact) mass is 988 g/mol. The van der Waals surface area contributed by atoms with Crippen LogP contribution in [-0.4, -0.2) is 246 Å². The minimum absolute atomic E-state index is 0.908. The Kier molecular flexibility index (Phi) is 18.4. The highest BCUT2D eigenvalue weighted by Crippen LogP contribution is 2.35. The lowest BCUT2D eigenvalue weighted by atomic mass is 9.94. The molecule has 0 bridgehead atoms. The summed E-state index contributed by atoms with van der Waals surface area (Å²) < 4.78 is 148. The van der Waals surface area contributed by atoms with Crippen LogP contribution in [0.5, 0.6) is 0 Å². The zero-order valence-electron chi connectivity index (χ0n) is 32.3. The fraction of sp³-hybridized carbons (Fsp3) is 0.929. The molecule has 2 amide bonds. The lowest BCUT2D eigenvalue weighted by Crippen LogP contribution is -2.70. The van der Waals surface area contributed by atoms with Crippen LogP contribution in [0.3, 0.4) is 0 Å². The van der Waals surface area contributed by atoms with Gasteiger partial charge in [0.15, 0.2) is 25.2 Å². The van der Waals surface area contributed by atoms with Crippen LogP contribution in [0.2, 0.25) is 0 Å². The molecular formula is C28H48N2O30S3. The topological polar surface area (TPSA) is 496 Å². The third-order valence-corrected chi connectivity index (χ3v) is 10.9. The van der Waals surface area contributed by atoms with Gasteiger partial charge < -0.3 is 89.8 Å². The van der Waals surface area contributed by atoms with Crippen molar-refractivity contribution in [2.75, 3.05) is 26.4 Å². The van der Waals surface area contributed by atoms with Gasteiger partial charge in [0.05, 0.1) is 26.4 Å². The highest BCUT2D eigenvalue weighted by atomic mass is 32.3. The molecule has 4 fully saturated rings. The van der Waals surface area contributed by atoms with Gasteiger partial charge in [-0.05, 0) is 0 Å². The first kappa shape index (κ1) is 53.5. The normalized spacial score (nSPS) is 41.7. The molecule has 0 aromatic carbocycles. The molecule has 0 aliphatic carbocycles. The minimum atomic E-state index is -5.38. The van der Waals surface area contributed by atoms with Crippen molar-refractivity contribution in [1.29, 1.82) is 0 Å². The van der Waals surface area contributed by atoms with Gasteiger partial charge in [-0.1, -0.05) is 0 Å². The zero-order chi connectivity index (χ0) is 47.5. The van der Waals surface area contributed by atoms with Crippen molar-refractivity contribution in [3.05, 3.63) is 0 Å². The number of aliphatic hydroxyl groups excluding tert-OH is 9. The van der Waals surface area contributed by atoms with Crippen LogP contribution in [0.25, 0.3) is 0 Å². The van der Waals surface area contributed by atoms with Crippen LogP contribution >= 0.6 is 0 Å². The summed E-state index contributed by atoms with van der Waals surface area (Å²) in [5.74, 6) is -1.87. The van der Waals surface area contributed by atoms with Crippen molar-refractivity contribution in [3.8, 4) is 0 Å². The molecule has 4 aliphatic rings. The number of aliphatic hydroxyl groups is 9. The van der Waals surface area contributed by atoms with Gasteiger partial charge >= 0.3 is 31.2 Å². The first-order valence-corrected chi connectivity index (χ1v) is 22.1. The van der Waals surface area contributed by atoms with Crippen molar-refractivity contribution < 1.29 is 140 Å². The van der Waals surface area contributed by atoms with Crippen LogP contribution in [0.4, 0.5) is 0 Å². The number of amides is 2. The molecule has 14 N–H and O–H groups in total. The molecule has 63 heavy (non-hydrogen) atoms. The molecule has 4 saturated heterocycles. The number of hydrogen-bond acceptors (Lipinski definition) is 27. The molecule has 0 aromatic rings. The third kappa shape index (κ3) is 14.5. The Labute approximate surface area is 356 Å². The van der Waals surface area contributed by atoms with E-state index in [0.29, 0.717) is 0 Å². The molecule has 32 nitrogen and oxygen atoms in total. The van der Waals surface area contributed by atoms with E-state index in [1.807, 2.05) is 0 Å². The van der Waals surface area contributed by atoms with E-state index in [-0.39, 0.29) is 0 Å². The van der Waals surface area contributed by atoms with Crippen LogP contribution in [0, 0.1) is 0 Å². The van der Waals surface area contributed by atoms with E-state index < -0.39 is 192 Å². The van der Waals surface area contributed by atoms with Gasteiger partial charge in [0.1, 0.15) is 97.5 Å². The summed E-state index contributed by atoms with van der Waals surface area (Å²) in [5.41, 5.74) is 0. The van der Waals surface area contributed by atoms with Crippen molar-refractivity contribution in [1.82, 2.24) is 10.6 Å². The van der Waals surface area contributed by atoms with Gasteiger partial charge in [0.25, 0.3) is 0 Å². The average molecular weight is 989 g/mol. The quantitative estimate of drug-likeness (QED) is 0.0567. The van der Waals surface area contributed by atoms with Gasteiger partial charge in [0, 0.05) is 13.8 Å². The number of carbonyl (C=O) groups excluding carboxylic acids is 2. The van der Waals surface area contributed by atoms with Gasteiger partial charge in [-0.3, -0.25) is 23.2 Å². The second-order valence-electron chi connectivity index (χ2n) is 14.2. The Hall–Kier alpha value is -2.09. The Morgan fingerprint density at radius 3 is 1.32 bits per heavy atom. The summed E-state index contributed by atoms with van der Waals surface area (Å²) in [5, 5.41) is 101. The van der Waals surface area contributed by atoms with Crippen LogP contribution in [0.15, 0.2) is 0 Å². The van der Waals surface area contributed by atoms with Crippen molar-refractivity contribution in [2.45, 2.75) is 137 Å². The summed E-state index contributed by atoms with van der Waals surface area (Å²) >= 11 is 0. The summed E-state index contributed by atoms with van der Waals surface area (Å²) in [7, 11) is -15.9. The molecule has 368 valence electrons. The van der Waals surface area contributed by atoms with Crippen molar-refractivity contribution in [2.24, 2.45) is 0 Å². The molecule has 4 heterocycles. The SMILES string of the molecule is CC(=O)N[C@H]1[C@H](O[C@H]2[C@@H](O)[C@@H](CO)OC(O)[C@@H]2O)O[C@H](COS(=O)(=O)O)[C@@H](O[C@@H]2O[C@H](COS(=O)(=O)O)[C@H](O)[C@H](O[C@@H]3O[C@H](COS(=O)(=O)O)[C@@H](O)[C@H](O)[C@H]3NC(C)=O)[C@H]2O)[C@@H]1O. The number of rotatable bonds is 18. The highest BCUT2D eigenvalue weighted by molar-refractivity contribution is 7.81. The lowest BCUT2D eigenvalue weighted by Gasteiger charge is -2.50. The van der Waals surface area contributed by atoms with E-state index in [2.05, 4.69) is 23.2 Å². The molecule has 1 unspecified atom stereocenters. The third-order valence-electron chi connectivity index (χ3n) is 9.61. The molecule has 0 aromatic heterocycles. The fourth-order valence-electron chi connectivity index (χ4n) is 6.77. The Morgan fingerprint density at radius 1 is 0.476 bits per heavy atom. The molecule has 35 heteroatoms. The summed E-state index contributed by atoms with van der Waals surface area (Å²) in [6, 6.07) is -3.79. The van der Waals surface area contributed by atoms with Crippen LogP contribution in [-0.2, 0) is 86.5 Å². The van der Waals surface area contributed by atoms with Crippen LogP contribution < -0.4 is 10.6 Å². The van der Waals surface area contributed by atoms with E-state index in [1.54, 1.807) is 0 Å². The van der Waals surface area contributed by atoms with Crippen LogP contribution in [0.1, 0.15) is 13.8 Å². The maximum Gasteiger partial charge on any atom is 0.397 e. The molecule has 0 radical (unpaired) electrons. The summed E-state index contributed by atoms with van der Waals surface area (Å²) in [4.78, 5) is 24.4. The molecule has 4 rings (SSSR count). The second-order valence-corrected chi connectivity index (χ2v) is 17.5. The average Bonchev–Trinajstić information content (AvgIpc) is 3.16. The predicted octanol–water partition coefficient (Wildman–Crippen LogP) is -9.98. The Balaban J connectivity index is 1.73. The number of hydrogen-bond donors (Lipinski definition) is 14. The van der Waals surface area contributed by atoms with Gasteiger partial charge in [0.2, 0.25) is 11.8 Å². The molecule has 4 aliphatic heterocycles. The number of nitrogens with one attached hydrogen (secondary N) is 2. The van der Waals surface area contributed by atoms with E-state index >= 15 is 0 Å². The summed E-state index contributed by atoms with van der Waals surface area (Å²) in [6.07, 6.45) is -38.4. The van der Waals surface area contributed by atoms with E-state index in [1.165, 1.54) is 0 Å². The van der Waals surface area contributed by atoms with Gasteiger partial charge in [-0.2, -0.15) is 25.3 Å². The smallest absolute Gasteiger partial charge is 0.394 e. The van der Waals surface area contributed by atoms with E-state index in [9.17, 15) is 89.9 Å². The maximum atomic E-state index is 12.4. The first-order valence-electron chi connectivity index (χ1n) is 18.0. The largest absolute Gasteiger partial charge is 0.397 e. The number of carbonyl (C=O) groups is 2. The minimum Gasteiger partial charge on any atom is -0.394 e. The molecule has 0 saturated carbocycles. The zero-order valence-corrected chi connectivity index (χ0v) is 34.8. The Morgan fingerprint density at radius 2 is 0.857 bits per heavy atom. The molecular weight excluding hydrogens is 940 g/mol. The maximum absolute atomic E-state index is 12.4. The van der Waals surface area contributed by atoms with Gasteiger partial charge in [-0.25, -0.2) is 12.5 Å². The van der Waals surface area contributed by atoms with E-state index in [4.69, 9.17) is 37.7 Å². The fourth-order valence-corrected chi connectivity index (χ4v) is 7.68. The van der Waals surface area contributed by atoms with Gasteiger partial charge in [-0.15, -0.1) is 0 Å². The summed E-state index contributed by atoms with van der Waals surface area (Å²) in [6.45, 7) is -3.04. The first-order chi connectivity index (χ1) is 29.0. The second kappa shape index (κ2) is 21.7. The standard InChI is InChI=1S/C28H48N2O30S3/c1-7(32)29-13-18(37)15(34)10(4-51-61(42,43)44)55-26(13)60-24-17(36)11(5-52-62(45,46)47)56-28(21(24)40)58-22-12(6-53-63(48,49)50)57-27(14(19(22)38)30-8(2)33)59-23-16(35)9(3-31)54-25(41)20(23)39/h9-28,31,34-41H,3-6H2,1-2H3,(H,29,32)(H,30,33)(H,42,43,44)(H,45,46,47)(H,48,49,50)/t9-,10-,11-,12-,13-,14-,15-,16+,17+,18-,19-,20-,21-,22-,23+,24+,25?,26+,27+,28+/m1/s1. The molecule has 0 spiro atoms. The predicted molar refractivity (Wildman–Crippen MR) is 188 cm³/mol. The van der Waals surface area contributed by atoms with Crippen molar-refractivity contribution in [3.63, 3.8) is 0 Å².